The second-order valence-corrected chi connectivity index (χ2v) is 21.7. The van der Waals surface area contributed by atoms with E-state index in [4.69, 9.17) is 14.2 Å². The Balaban J connectivity index is 4.08. The Labute approximate surface area is 448 Å². The Morgan fingerprint density at radius 1 is 0.278 bits per heavy atom. The van der Waals surface area contributed by atoms with Gasteiger partial charge in [-0.05, 0) is 57.8 Å². The average Bonchev–Trinajstić information content (AvgIpc) is 3.38. The Hall–Kier alpha value is -2.37. The highest BCUT2D eigenvalue weighted by Crippen LogP contribution is 2.18. The minimum absolute atomic E-state index is 0.0680. The van der Waals surface area contributed by atoms with Gasteiger partial charge in [0.15, 0.2) is 6.10 Å². The van der Waals surface area contributed by atoms with Crippen LogP contribution in [0.2, 0.25) is 0 Å². The number of ether oxygens (including phenoxy) is 3. The van der Waals surface area contributed by atoms with Gasteiger partial charge in [0, 0.05) is 19.3 Å². The van der Waals surface area contributed by atoms with E-state index in [1.165, 1.54) is 238 Å². The number of hydrogen-bond donors (Lipinski definition) is 0. The van der Waals surface area contributed by atoms with Crippen LogP contribution in [0.25, 0.3) is 0 Å². The summed E-state index contributed by atoms with van der Waals surface area (Å²) in [6.45, 7) is 6.64. The van der Waals surface area contributed by atoms with Gasteiger partial charge in [0.05, 0.1) is 0 Å². The minimum atomic E-state index is -0.767. The van der Waals surface area contributed by atoms with Crippen LogP contribution >= 0.6 is 0 Å². The van der Waals surface area contributed by atoms with Crippen LogP contribution in [0.5, 0.6) is 0 Å². The molecular formula is C66H122O6. The zero-order chi connectivity index (χ0) is 52.2. The summed E-state index contributed by atoms with van der Waals surface area (Å²) in [4.78, 5) is 38.1. The van der Waals surface area contributed by atoms with Crippen molar-refractivity contribution in [1.29, 1.82) is 0 Å². The molecule has 0 aromatic heterocycles. The fraction of sp³-hybridized carbons (Fsp3) is 0.864. The van der Waals surface area contributed by atoms with Crippen LogP contribution in [-0.2, 0) is 28.6 Å². The molecule has 1 unspecified atom stereocenters. The highest BCUT2D eigenvalue weighted by molar-refractivity contribution is 5.71. The third-order valence-corrected chi connectivity index (χ3v) is 14.4. The molecule has 6 nitrogen and oxygen atoms in total. The third kappa shape index (κ3) is 58.5. The predicted octanol–water partition coefficient (Wildman–Crippen LogP) is 21.6. The van der Waals surface area contributed by atoms with Crippen LogP contribution in [0.1, 0.15) is 348 Å². The van der Waals surface area contributed by atoms with Crippen molar-refractivity contribution in [3.05, 3.63) is 36.5 Å². The van der Waals surface area contributed by atoms with Gasteiger partial charge in [-0.1, -0.05) is 308 Å². The van der Waals surface area contributed by atoms with Crippen molar-refractivity contribution in [3.63, 3.8) is 0 Å². The van der Waals surface area contributed by atoms with E-state index in [0.717, 1.165) is 70.6 Å². The molecule has 422 valence electrons. The highest BCUT2D eigenvalue weighted by atomic mass is 16.6. The smallest absolute Gasteiger partial charge is 0.306 e. The molecule has 6 heteroatoms. The summed E-state index contributed by atoms with van der Waals surface area (Å²) in [6, 6.07) is 0. The first-order valence-electron chi connectivity index (χ1n) is 32.0. The summed E-state index contributed by atoms with van der Waals surface area (Å²) in [5, 5.41) is 0. The molecule has 0 spiro atoms. The average molecular weight is 1010 g/mol. The Morgan fingerprint density at radius 3 is 0.778 bits per heavy atom. The largest absolute Gasteiger partial charge is 0.462 e. The number of carbonyl (C=O) groups excluding carboxylic acids is 3. The van der Waals surface area contributed by atoms with Crippen LogP contribution < -0.4 is 0 Å². The molecule has 72 heavy (non-hydrogen) atoms. The lowest BCUT2D eigenvalue weighted by Crippen LogP contribution is -2.30. The summed E-state index contributed by atoms with van der Waals surface area (Å²) in [7, 11) is 0. The molecule has 0 aliphatic rings. The lowest BCUT2D eigenvalue weighted by atomic mass is 10.0. The first-order chi connectivity index (χ1) is 35.5. The highest BCUT2D eigenvalue weighted by Gasteiger charge is 2.19. The lowest BCUT2D eigenvalue weighted by Gasteiger charge is -2.18. The van der Waals surface area contributed by atoms with Crippen molar-refractivity contribution < 1.29 is 28.6 Å². The molecule has 0 radical (unpaired) electrons. The molecule has 0 aromatic rings. The van der Waals surface area contributed by atoms with Crippen LogP contribution in [-0.4, -0.2) is 37.2 Å². The van der Waals surface area contributed by atoms with Gasteiger partial charge >= 0.3 is 17.9 Å². The molecule has 0 aromatic carbocycles. The summed E-state index contributed by atoms with van der Waals surface area (Å²) in [5.74, 6) is -0.854. The summed E-state index contributed by atoms with van der Waals surface area (Å²) in [5.41, 5.74) is 0. The Morgan fingerprint density at radius 2 is 0.500 bits per heavy atom. The van der Waals surface area contributed by atoms with Gasteiger partial charge in [0.25, 0.3) is 0 Å². The monoisotopic (exact) mass is 1010 g/mol. The molecule has 0 N–H and O–H groups in total. The zero-order valence-corrected chi connectivity index (χ0v) is 48.5. The van der Waals surface area contributed by atoms with E-state index in [2.05, 4.69) is 57.2 Å². The minimum Gasteiger partial charge on any atom is -0.462 e. The van der Waals surface area contributed by atoms with Crippen molar-refractivity contribution >= 4 is 17.9 Å². The number of carbonyl (C=O) groups is 3. The topological polar surface area (TPSA) is 78.9 Å². The van der Waals surface area contributed by atoms with Crippen molar-refractivity contribution in [1.82, 2.24) is 0 Å². The maximum atomic E-state index is 12.8. The summed E-state index contributed by atoms with van der Waals surface area (Å²) >= 11 is 0. The van der Waals surface area contributed by atoms with Crippen LogP contribution in [0.3, 0.4) is 0 Å². The van der Waals surface area contributed by atoms with Crippen LogP contribution in [0, 0.1) is 0 Å². The predicted molar refractivity (Wildman–Crippen MR) is 312 cm³/mol. The number of rotatable bonds is 59. The first-order valence-corrected chi connectivity index (χ1v) is 32.0. The maximum absolute atomic E-state index is 12.8. The SMILES string of the molecule is CCCCCCC/C=C\C/C=C\C/C=C\CCCCCCCCCCCCCCC(=O)OCC(COC(=O)CCCCCCCCC)OC(=O)CCCCCCCCCCCCCCCCCCCCCC. The van der Waals surface area contributed by atoms with E-state index in [-0.39, 0.29) is 31.1 Å². The molecule has 1 atom stereocenters. The molecule has 0 rings (SSSR count). The zero-order valence-electron chi connectivity index (χ0n) is 48.5. The second kappa shape index (κ2) is 61.2. The standard InChI is InChI=1S/C66H122O6/c1-4-7-10-13-16-18-20-22-24-26-28-30-31-32-33-34-35-36-38-39-41-43-45-47-50-53-56-59-65(68)71-62-63(61-70-64(67)58-55-52-49-15-12-9-6-3)72-66(69)60-57-54-51-48-46-44-42-40-37-29-27-25-23-21-19-17-14-11-8-5-2/h20,22,26,28,31-32,63H,4-19,21,23-25,27,29-30,33-62H2,1-3H3/b22-20-,28-26-,32-31-. The van der Waals surface area contributed by atoms with Gasteiger partial charge < -0.3 is 14.2 Å². The van der Waals surface area contributed by atoms with Crippen LogP contribution in [0.15, 0.2) is 36.5 Å². The van der Waals surface area contributed by atoms with E-state index in [9.17, 15) is 14.4 Å². The van der Waals surface area contributed by atoms with E-state index in [1.807, 2.05) is 0 Å². The van der Waals surface area contributed by atoms with Gasteiger partial charge in [0.2, 0.25) is 0 Å². The second-order valence-electron chi connectivity index (χ2n) is 21.7. The molecule has 0 aliphatic carbocycles. The van der Waals surface area contributed by atoms with Crippen molar-refractivity contribution in [2.24, 2.45) is 0 Å². The Bertz CT molecular complexity index is 1210. The molecule has 0 saturated carbocycles. The van der Waals surface area contributed by atoms with Crippen molar-refractivity contribution in [2.45, 2.75) is 354 Å². The van der Waals surface area contributed by atoms with E-state index in [1.54, 1.807) is 0 Å². The van der Waals surface area contributed by atoms with Gasteiger partial charge in [-0.25, -0.2) is 0 Å². The number of unbranched alkanes of at least 4 members (excludes halogenated alkanes) is 42. The van der Waals surface area contributed by atoms with Crippen molar-refractivity contribution in [2.75, 3.05) is 13.2 Å². The number of hydrogen-bond acceptors (Lipinski definition) is 6. The molecule has 0 bridgehead atoms. The Kier molecular flexibility index (Phi) is 59.2. The fourth-order valence-electron chi connectivity index (χ4n) is 9.57. The van der Waals surface area contributed by atoms with E-state index < -0.39 is 6.10 Å². The normalized spacial score (nSPS) is 12.2. The summed E-state index contributed by atoms with van der Waals surface area (Å²) < 4.78 is 16.8. The molecule has 0 heterocycles. The third-order valence-electron chi connectivity index (χ3n) is 14.4. The van der Waals surface area contributed by atoms with E-state index >= 15 is 0 Å². The molecule has 0 aliphatic heterocycles. The van der Waals surface area contributed by atoms with Crippen molar-refractivity contribution in [3.8, 4) is 0 Å². The van der Waals surface area contributed by atoms with Gasteiger partial charge in [0.1, 0.15) is 13.2 Å². The van der Waals surface area contributed by atoms with Gasteiger partial charge in [-0.15, -0.1) is 0 Å². The van der Waals surface area contributed by atoms with E-state index in [0.29, 0.717) is 19.3 Å². The number of esters is 3. The quantitative estimate of drug-likeness (QED) is 0.0261. The van der Waals surface area contributed by atoms with Gasteiger partial charge in [-0.3, -0.25) is 14.4 Å². The van der Waals surface area contributed by atoms with Gasteiger partial charge in [-0.2, -0.15) is 0 Å². The molecule has 0 amide bonds. The fourth-order valence-corrected chi connectivity index (χ4v) is 9.57. The molecule has 0 saturated heterocycles. The lowest BCUT2D eigenvalue weighted by molar-refractivity contribution is -0.167. The maximum Gasteiger partial charge on any atom is 0.306 e. The molecular weight excluding hydrogens is 889 g/mol. The summed E-state index contributed by atoms with van der Waals surface area (Å²) in [6.07, 6.45) is 74.6. The molecule has 0 fully saturated rings. The van der Waals surface area contributed by atoms with Crippen LogP contribution in [0.4, 0.5) is 0 Å². The number of allylic oxidation sites excluding steroid dienone is 6. The first kappa shape index (κ1) is 69.6.